The van der Waals surface area contributed by atoms with E-state index in [1.165, 1.54) is 0 Å². The van der Waals surface area contributed by atoms with Gasteiger partial charge in [-0.05, 0) is 0 Å². The topological polar surface area (TPSA) is 58.2 Å². The molecule has 1 aliphatic heterocycles. The summed E-state index contributed by atoms with van der Waals surface area (Å²) in [5.74, 6) is -0.113. The molecule has 0 saturated carbocycles. The van der Waals surface area contributed by atoms with Gasteiger partial charge in [0.1, 0.15) is 0 Å². The molecule has 1 aromatic heterocycles. The fraction of sp³-hybridized carbons (Fsp3) is 0.385. The molecule has 1 aliphatic rings. The lowest BCUT2D eigenvalue weighted by molar-refractivity contribution is 0.0770. The van der Waals surface area contributed by atoms with Crippen LogP contribution in [0.4, 0.5) is 0 Å². The van der Waals surface area contributed by atoms with Crippen LogP contribution in [0.3, 0.4) is 0 Å². The summed E-state index contributed by atoms with van der Waals surface area (Å²) >= 11 is 0. The van der Waals surface area contributed by atoms with Crippen LogP contribution in [-0.4, -0.2) is 40.7 Å². The molecule has 1 amide bonds. The number of ether oxygens (including phenoxy) is 1. The molecule has 0 bridgehead atoms. The summed E-state index contributed by atoms with van der Waals surface area (Å²) in [6.45, 7) is 9.38. The number of amides is 1. The number of hydrogen-bond donors (Lipinski definition) is 1. The number of carbonyl (C=O) groups excluding carboxylic acids is 1. The van der Waals surface area contributed by atoms with Crippen molar-refractivity contribution < 1.29 is 9.53 Å². The van der Waals surface area contributed by atoms with Crippen LogP contribution in [0.1, 0.15) is 21.7 Å². The number of hydrogen-bond acceptors (Lipinski definition) is 3. The molecule has 0 aliphatic carbocycles. The molecule has 2 rings (SSSR count). The first-order valence-electron chi connectivity index (χ1n) is 5.92. The van der Waals surface area contributed by atoms with Gasteiger partial charge >= 0.3 is 0 Å². The minimum Gasteiger partial charge on any atom is -0.376 e. The van der Waals surface area contributed by atoms with Crippen molar-refractivity contribution in [1.29, 1.82) is 0 Å². The predicted molar refractivity (Wildman–Crippen MR) is 68.2 cm³/mol. The first-order chi connectivity index (χ1) is 8.77. The largest absolute Gasteiger partial charge is 0.376 e. The van der Waals surface area contributed by atoms with Gasteiger partial charge < -0.3 is 9.64 Å². The number of aromatic amines is 1. The monoisotopic (exact) mass is 247 g/mol. The van der Waals surface area contributed by atoms with Gasteiger partial charge in [-0.1, -0.05) is 12.2 Å². The molecule has 0 saturated heterocycles. The van der Waals surface area contributed by atoms with E-state index in [0.29, 0.717) is 32.0 Å². The molecule has 5 nitrogen and oxygen atoms in total. The lowest BCUT2D eigenvalue weighted by atomic mass is 10.1. The van der Waals surface area contributed by atoms with Gasteiger partial charge in [0.2, 0.25) is 0 Å². The van der Waals surface area contributed by atoms with E-state index in [0.717, 1.165) is 17.7 Å². The van der Waals surface area contributed by atoms with E-state index in [4.69, 9.17) is 4.74 Å². The van der Waals surface area contributed by atoms with Crippen LogP contribution in [0.15, 0.2) is 25.3 Å². The zero-order valence-electron chi connectivity index (χ0n) is 10.3. The Morgan fingerprint density at radius 2 is 2.17 bits per heavy atom. The molecule has 0 atom stereocenters. The van der Waals surface area contributed by atoms with Gasteiger partial charge in [0.05, 0.1) is 13.2 Å². The van der Waals surface area contributed by atoms with E-state index in [1.807, 2.05) is 0 Å². The molecule has 0 aromatic carbocycles. The third-order valence-corrected chi connectivity index (χ3v) is 2.88. The number of aromatic nitrogens is 2. The maximum atomic E-state index is 12.4. The molecule has 18 heavy (non-hydrogen) atoms. The van der Waals surface area contributed by atoms with Crippen molar-refractivity contribution in [2.75, 3.05) is 19.7 Å². The van der Waals surface area contributed by atoms with Gasteiger partial charge in [-0.2, -0.15) is 5.10 Å². The van der Waals surface area contributed by atoms with Crippen molar-refractivity contribution in [2.24, 2.45) is 0 Å². The maximum Gasteiger partial charge on any atom is 0.275 e. The summed E-state index contributed by atoms with van der Waals surface area (Å²) in [5.41, 5.74) is 2.33. The molecule has 2 heterocycles. The summed E-state index contributed by atoms with van der Waals surface area (Å²) in [4.78, 5) is 14.0. The van der Waals surface area contributed by atoms with E-state index >= 15 is 0 Å². The standard InChI is InChI=1S/C13H17N3O2/c1-3-6-16(7-4-2)13(17)12-10-9-18-8-5-11(10)14-15-12/h3-4H,1-2,5-9H2,(H,14,15). The Hall–Kier alpha value is -1.88. The van der Waals surface area contributed by atoms with Crippen LogP contribution in [0.5, 0.6) is 0 Å². The second-order valence-corrected chi connectivity index (χ2v) is 4.12. The SMILES string of the molecule is C=CCN(CC=C)C(=O)c1n[nH]c2c1COCC2. The Balaban J connectivity index is 2.23. The van der Waals surface area contributed by atoms with E-state index in [9.17, 15) is 4.79 Å². The van der Waals surface area contributed by atoms with Crippen molar-refractivity contribution in [2.45, 2.75) is 13.0 Å². The van der Waals surface area contributed by atoms with Crippen molar-refractivity contribution in [3.8, 4) is 0 Å². The third kappa shape index (κ3) is 2.36. The quantitative estimate of drug-likeness (QED) is 0.798. The van der Waals surface area contributed by atoms with Gasteiger partial charge in [-0.25, -0.2) is 0 Å². The number of carbonyl (C=O) groups is 1. The number of nitrogens with one attached hydrogen (secondary N) is 1. The van der Waals surface area contributed by atoms with Crippen LogP contribution >= 0.6 is 0 Å². The Bertz CT molecular complexity index is 455. The number of fused-ring (bicyclic) bond motifs is 1. The molecule has 0 spiro atoms. The second-order valence-electron chi connectivity index (χ2n) is 4.12. The average Bonchev–Trinajstić information content (AvgIpc) is 2.81. The maximum absolute atomic E-state index is 12.4. The highest BCUT2D eigenvalue weighted by atomic mass is 16.5. The van der Waals surface area contributed by atoms with Gasteiger partial charge in [-0.3, -0.25) is 9.89 Å². The molecule has 0 radical (unpaired) electrons. The number of H-pyrrole nitrogens is 1. The van der Waals surface area contributed by atoms with Gasteiger partial charge in [0, 0.05) is 30.8 Å². The summed E-state index contributed by atoms with van der Waals surface area (Å²) < 4.78 is 5.37. The summed E-state index contributed by atoms with van der Waals surface area (Å²) in [5, 5.41) is 7.04. The Labute approximate surface area is 106 Å². The van der Waals surface area contributed by atoms with Crippen molar-refractivity contribution in [3.05, 3.63) is 42.3 Å². The molecule has 96 valence electrons. The highest BCUT2D eigenvalue weighted by Crippen LogP contribution is 2.19. The normalized spacial score (nSPS) is 13.8. The lowest BCUT2D eigenvalue weighted by Crippen LogP contribution is -2.32. The molecule has 1 aromatic rings. The van der Waals surface area contributed by atoms with E-state index in [-0.39, 0.29) is 5.91 Å². The van der Waals surface area contributed by atoms with Gasteiger partial charge in [-0.15, -0.1) is 13.2 Å². The highest BCUT2D eigenvalue weighted by molar-refractivity contribution is 5.94. The summed E-state index contributed by atoms with van der Waals surface area (Å²) in [7, 11) is 0. The molecule has 1 N–H and O–H groups in total. The fourth-order valence-corrected chi connectivity index (χ4v) is 1.99. The molecular formula is C13H17N3O2. The minimum absolute atomic E-state index is 0.113. The van der Waals surface area contributed by atoms with Crippen molar-refractivity contribution in [3.63, 3.8) is 0 Å². The molecule has 0 unspecified atom stereocenters. The second kappa shape index (κ2) is 5.64. The zero-order valence-corrected chi connectivity index (χ0v) is 10.3. The van der Waals surface area contributed by atoms with Crippen LogP contribution < -0.4 is 0 Å². The first kappa shape index (κ1) is 12.6. The molecular weight excluding hydrogens is 230 g/mol. The zero-order chi connectivity index (χ0) is 13.0. The minimum atomic E-state index is -0.113. The van der Waals surface area contributed by atoms with Crippen LogP contribution in [-0.2, 0) is 17.8 Å². The molecule has 5 heteroatoms. The Morgan fingerprint density at radius 1 is 1.44 bits per heavy atom. The predicted octanol–water partition coefficient (Wildman–Crippen LogP) is 1.30. The van der Waals surface area contributed by atoms with Gasteiger partial charge in [0.15, 0.2) is 5.69 Å². The lowest BCUT2D eigenvalue weighted by Gasteiger charge is -2.19. The fourth-order valence-electron chi connectivity index (χ4n) is 1.99. The van der Waals surface area contributed by atoms with Crippen molar-refractivity contribution in [1.82, 2.24) is 15.1 Å². The highest BCUT2D eigenvalue weighted by Gasteiger charge is 2.24. The van der Waals surface area contributed by atoms with E-state index in [2.05, 4.69) is 23.4 Å². The average molecular weight is 247 g/mol. The number of nitrogens with zero attached hydrogens (tertiary/aromatic N) is 2. The summed E-state index contributed by atoms with van der Waals surface area (Å²) in [6, 6.07) is 0. The van der Waals surface area contributed by atoms with Gasteiger partial charge in [0.25, 0.3) is 5.91 Å². The van der Waals surface area contributed by atoms with Crippen molar-refractivity contribution >= 4 is 5.91 Å². The smallest absolute Gasteiger partial charge is 0.275 e. The molecule has 0 fully saturated rings. The first-order valence-corrected chi connectivity index (χ1v) is 5.92. The van der Waals surface area contributed by atoms with E-state index in [1.54, 1.807) is 17.1 Å². The third-order valence-electron chi connectivity index (χ3n) is 2.88. The Morgan fingerprint density at radius 3 is 2.83 bits per heavy atom. The number of rotatable bonds is 5. The van der Waals surface area contributed by atoms with Crippen LogP contribution in [0.2, 0.25) is 0 Å². The summed E-state index contributed by atoms with van der Waals surface area (Å²) in [6.07, 6.45) is 4.16. The Kier molecular flexibility index (Phi) is 3.94. The van der Waals surface area contributed by atoms with Crippen LogP contribution in [0.25, 0.3) is 0 Å². The van der Waals surface area contributed by atoms with Crippen LogP contribution in [0, 0.1) is 0 Å². The van der Waals surface area contributed by atoms with E-state index < -0.39 is 0 Å².